The molecule has 166 valence electrons. The summed E-state index contributed by atoms with van der Waals surface area (Å²) in [5.41, 5.74) is 3.36. The fourth-order valence-corrected chi connectivity index (χ4v) is 5.32. The molecular formula is C25H27N3O3S. The molecule has 0 aromatic heterocycles. The highest BCUT2D eigenvalue weighted by molar-refractivity contribution is 7.89. The van der Waals surface area contributed by atoms with E-state index in [1.807, 2.05) is 49.5 Å². The van der Waals surface area contributed by atoms with Crippen LogP contribution in [-0.4, -0.2) is 38.8 Å². The summed E-state index contributed by atoms with van der Waals surface area (Å²) in [6.07, 6.45) is 1.78. The lowest BCUT2D eigenvalue weighted by Crippen LogP contribution is -2.27. The van der Waals surface area contributed by atoms with Crippen LogP contribution in [0.25, 0.3) is 0 Å². The third-order valence-electron chi connectivity index (χ3n) is 5.65. The van der Waals surface area contributed by atoms with Gasteiger partial charge in [-0.25, -0.2) is 8.42 Å². The third-order valence-corrected chi connectivity index (χ3v) is 7.56. The predicted molar refractivity (Wildman–Crippen MR) is 127 cm³/mol. The van der Waals surface area contributed by atoms with Crippen LogP contribution in [0.4, 0.5) is 11.4 Å². The average Bonchev–Trinajstić information content (AvgIpc) is 3.36. The van der Waals surface area contributed by atoms with Crippen molar-refractivity contribution in [1.29, 1.82) is 0 Å². The van der Waals surface area contributed by atoms with E-state index in [0.29, 0.717) is 24.3 Å². The van der Waals surface area contributed by atoms with Gasteiger partial charge in [0, 0.05) is 43.6 Å². The summed E-state index contributed by atoms with van der Waals surface area (Å²) in [5, 5.41) is 2.87. The van der Waals surface area contributed by atoms with Crippen molar-refractivity contribution in [3.63, 3.8) is 0 Å². The van der Waals surface area contributed by atoms with Crippen LogP contribution in [0.3, 0.4) is 0 Å². The van der Waals surface area contributed by atoms with Gasteiger partial charge in [0.25, 0.3) is 5.91 Å². The number of benzene rings is 3. The van der Waals surface area contributed by atoms with Crippen LogP contribution in [0.15, 0.2) is 83.8 Å². The summed E-state index contributed by atoms with van der Waals surface area (Å²) in [7, 11) is -1.45. The Balaban J connectivity index is 1.38. The number of sulfonamides is 1. The average molecular weight is 450 g/mol. The van der Waals surface area contributed by atoms with Crippen LogP contribution < -0.4 is 10.2 Å². The van der Waals surface area contributed by atoms with E-state index in [0.717, 1.165) is 25.1 Å². The summed E-state index contributed by atoms with van der Waals surface area (Å²) in [6.45, 7) is 1.90. The summed E-state index contributed by atoms with van der Waals surface area (Å²) >= 11 is 0. The molecule has 3 aromatic rings. The highest BCUT2D eigenvalue weighted by Gasteiger charge is 2.27. The smallest absolute Gasteiger partial charge is 0.255 e. The van der Waals surface area contributed by atoms with E-state index < -0.39 is 10.0 Å². The molecule has 0 spiro atoms. The molecule has 1 heterocycles. The van der Waals surface area contributed by atoms with Crippen molar-refractivity contribution in [3.8, 4) is 0 Å². The number of hydrogen-bond acceptors (Lipinski definition) is 4. The Labute approximate surface area is 189 Å². The van der Waals surface area contributed by atoms with Crippen molar-refractivity contribution in [2.24, 2.45) is 0 Å². The molecule has 0 atom stereocenters. The van der Waals surface area contributed by atoms with Gasteiger partial charge in [-0.05, 0) is 66.9 Å². The number of carbonyl (C=O) groups is 1. The van der Waals surface area contributed by atoms with E-state index in [9.17, 15) is 13.2 Å². The molecule has 0 bridgehead atoms. The van der Waals surface area contributed by atoms with Gasteiger partial charge < -0.3 is 10.2 Å². The Kier molecular flexibility index (Phi) is 6.58. The SMILES string of the molecule is CN(Cc1ccccc1)c1ccc(NC(=O)c2ccc(S(=O)(=O)N3CCCC3)cc2)cc1. The molecule has 0 saturated carbocycles. The zero-order valence-corrected chi connectivity index (χ0v) is 18.9. The zero-order chi connectivity index (χ0) is 22.6. The summed E-state index contributed by atoms with van der Waals surface area (Å²) in [5.74, 6) is -0.277. The maximum atomic E-state index is 12.6. The van der Waals surface area contributed by atoms with Gasteiger partial charge in [0.15, 0.2) is 0 Å². The van der Waals surface area contributed by atoms with E-state index in [-0.39, 0.29) is 10.8 Å². The standard InChI is InChI=1S/C25H27N3O3S/c1-27(19-20-7-3-2-4-8-20)23-13-11-22(12-14-23)26-25(29)21-9-15-24(16-10-21)32(30,31)28-17-5-6-18-28/h2-4,7-16H,5-6,17-19H2,1H3,(H,26,29). The fraction of sp³-hybridized carbons (Fsp3) is 0.240. The number of amides is 1. The van der Waals surface area contributed by atoms with Crippen molar-refractivity contribution >= 4 is 27.3 Å². The van der Waals surface area contributed by atoms with Crippen LogP contribution in [-0.2, 0) is 16.6 Å². The maximum Gasteiger partial charge on any atom is 0.255 e. The Morgan fingerprint density at radius 3 is 2.16 bits per heavy atom. The van der Waals surface area contributed by atoms with Gasteiger partial charge in [-0.1, -0.05) is 30.3 Å². The first-order chi connectivity index (χ1) is 15.4. The number of anilines is 2. The van der Waals surface area contributed by atoms with Crippen molar-refractivity contribution in [2.45, 2.75) is 24.3 Å². The Morgan fingerprint density at radius 2 is 1.53 bits per heavy atom. The van der Waals surface area contributed by atoms with Gasteiger partial charge in [-0.15, -0.1) is 0 Å². The summed E-state index contributed by atoms with van der Waals surface area (Å²) in [6, 6.07) is 24.0. The molecule has 0 aliphatic carbocycles. The normalized spacial score (nSPS) is 14.3. The highest BCUT2D eigenvalue weighted by Crippen LogP contribution is 2.22. The minimum absolute atomic E-state index is 0.224. The molecule has 1 aliphatic rings. The lowest BCUT2D eigenvalue weighted by atomic mass is 10.2. The minimum Gasteiger partial charge on any atom is -0.370 e. The lowest BCUT2D eigenvalue weighted by molar-refractivity contribution is 0.102. The van der Waals surface area contributed by atoms with Gasteiger partial charge in [0.2, 0.25) is 10.0 Å². The summed E-state index contributed by atoms with van der Waals surface area (Å²) < 4.78 is 26.8. The molecule has 1 fully saturated rings. The molecule has 3 aromatic carbocycles. The Morgan fingerprint density at radius 1 is 0.906 bits per heavy atom. The molecule has 0 radical (unpaired) electrons. The van der Waals surface area contributed by atoms with Gasteiger partial charge in [0.1, 0.15) is 0 Å². The Hall–Kier alpha value is -3.16. The molecule has 0 unspecified atom stereocenters. The molecule has 1 amide bonds. The number of hydrogen-bond donors (Lipinski definition) is 1. The topological polar surface area (TPSA) is 69.7 Å². The van der Waals surface area contributed by atoms with Crippen molar-refractivity contribution in [1.82, 2.24) is 4.31 Å². The largest absolute Gasteiger partial charge is 0.370 e. The van der Waals surface area contributed by atoms with E-state index >= 15 is 0 Å². The van der Waals surface area contributed by atoms with Crippen molar-refractivity contribution < 1.29 is 13.2 Å². The quantitative estimate of drug-likeness (QED) is 0.582. The number of nitrogens with one attached hydrogen (secondary N) is 1. The Bertz CT molecular complexity index is 1160. The summed E-state index contributed by atoms with van der Waals surface area (Å²) in [4.78, 5) is 15.0. The zero-order valence-electron chi connectivity index (χ0n) is 18.1. The van der Waals surface area contributed by atoms with E-state index in [4.69, 9.17) is 0 Å². The van der Waals surface area contributed by atoms with Crippen LogP contribution in [0.2, 0.25) is 0 Å². The number of nitrogens with zero attached hydrogens (tertiary/aromatic N) is 2. The first-order valence-corrected chi connectivity index (χ1v) is 12.1. The van der Waals surface area contributed by atoms with Crippen LogP contribution in [0.1, 0.15) is 28.8 Å². The van der Waals surface area contributed by atoms with Crippen LogP contribution in [0, 0.1) is 0 Å². The molecular weight excluding hydrogens is 422 g/mol. The second kappa shape index (κ2) is 9.54. The maximum absolute atomic E-state index is 12.6. The second-order valence-electron chi connectivity index (χ2n) is 7.98. The van der Waals surface area contributed by atoms with Crippen molar-refractivity contribution in [3.05, 3.63) is 90.0 Å². The molecule has 1 saturated heterocycles. The second-order valence-corrected chi connectivity index (χ2v) is 9.92. The number of rotatable bonds is 7. The van der Waals surface area contributed by atoms with Crippen LogP contribution >= 0.6 is 0 Å². The van der Waals surface area contributed by atoms with E-state index in [2.05, 4.69) is 22.3 Å². The molecule has 32 heavy (non-hydrogen) atoms. The fourth-order valence-electron chi connectivity index (χ4n) is 3.81. The first kappa shape index (κ1) is 22.0. The van der Waals surface area contributed by atoms with Gasteiger partial charge in [0.05, 0.1) is 4.90 Å². The molecule has 7 heteroatoms. The van der Waals surface area contributed by atoms with E-state index in [1.165, 1.54) is 22.0 Å². The lowest BCUT2D eigenvalue weighted by Gasteiger charge is -2.20. The van der Waals surface area contributed by atoms with E-state index in [1.54, 1.807) is 12.1 Å². The van der Waals surface area contributed by atoms with Gasteiger partial charge in [-0.3, -0.25) is 4.79 Å². The molecule has 1 N–H and O–H groups in total. The van der Waals surface area contributed by atoms with Gasteiger partial charge in [-0.2, -0.15) is 4.31 Å². The molecule has 4 rings (SSSR count). The molecule has 6 nitrogen and oxygen atoms in total. The molecule has 1 aliphatic heterocycles. The van der Waals surface area contributed by atoms with Crippen LogP contribution in [0.5, 0.6) is 0 Å². The van der Waals surface area contributed by atoms with Crippen molar-refractivity contribution in [2.75, 3.05) is 30.4 Å². The number of carbonyl (C=O) groups excluding carboxylic acids is 1. The first-order valence-electron chi connectivity index (χ1n) is 10.7. The predicted octanol–water partition coefficient (Wildman–Crippen LogP) is 4.36. The monoisotopic (exact) mass is 449 g/mol. The third kappa shape index (κ3) is 5.00. The highest BCUT2D eigenvalue weighted by atomic mass is 32.2. The minimum atomic E-state index is -3.48. The van der Waals surface area contributed by atoms with Gasteiger partial charge >= 0.3 is 0 Å².